The van der Waals surface area contributed by atoms with Gasteiger partial charge in [0.25, 0.3) is 0 Å². The number of alkyl halides is 1. The highest BCUT2D eigenvalue weighted by atomic mass is 35.5. The zero-order valence-electron chi connectivity index (χ0n) is 11.1. The van der Waals surface area contributed by atoms with Gasteiger partial charge in [0.15, 0.2) is 9.84 Å². The lowest BCUT2D eigenvalue weighted by atomic mass is 10.2. The van der Waals surface area contributed by atoms with Gasteiger partial charge in [-0.25, -0.2) is 8.42 Å². The molecule has 0 aromatic carbocycles. The maximum absolute atomic E-state index is 11.9. The third-order valence-corrected chi connectivity index (χ3v) is 5.86. The van der Waals surface area contributed by atoms with E-state index < -0.39 is 21.3 Å². The first-order valence-corrected chi connectivity index (χ1v) is 8.83. The number of morpholine rings is 1. The van der Waals surface area contributed by atoms with Crippen molar-refractivity contribution in [2.45, 2.75) is 17.5 Å². The van der Waals surface area contributed by atoms with Crippen LogP contribution < -0.4 is 11.1 Å². The second kappa shape index (κ2) is 6.57. The Labute approximate surface area is 123 Å². The predicted molar refractivity (Wildman–Crippen MR) is 75.5 cm³/mol. The topological polar surface area (TPSA) is 102 Å². The third kappa shape index (κ3) is 4.29. The zero-order valence-corrected chi connectivity index (χ0v) is 12.7. The van der Waals surface area contributed by atoms with Crippen molar-refractivity contribution >= 4 is 27.3 Å². The number of halogens is 1. The van der Waals surface area contributed by atoms with Crippen LogP contribution in [0.2, 0.25) is 0 Å². The zero-order chi connectivity index (χ0) is 14.8. The lowest BCUT2D eigenvalue weighted by molar-refractivity contribution is -0.124. The number of carbonyl (C=O) groups excluding carboxylic acids is 1. The van der Waals surface area contributed by atoms with E-state index in [9.17, 15) is 13.2 Å². The van der Waals surface area contributed by atoms with Crippen LogP contribution in [0.4, 0.5) is 0 Å². The van der Waals surface area contributed by atoms with Crippen LogP contribution in [0.25, 0.3) is 0 Å². The van der Waals surface area contributed by atoms with Crippen LogP contribution in [0.5, 0.6) is 0 Å². The van der Waals surface area contributed by atoms with E-state index in [-0.39, 0.29) is 30.1 Å². The molecule has 7 nitrogen and oxygen atoms in total. The largest absolute Gasteiger partial charge is 0.374 e. The fraction of sp³-hybridized carbons (Fsp3) is 0.909. The Morgan fingerprint density at radius 2 is 2.20 bits per heavy atom. The average Bonchev–Trinajstić information content (AvgIpc) is 2.62. The quantitative estimate of drug-likeness (QED) is 0.589. The van der Waals surface area contributed by atoms with Crippen molar-refractivity contribution in [3.05, 3.63) is 0 Å². The molecule has 2 saturated heterocycles. The second-order valence-corrected chi connectivity index (χ2v) is 7.94. The Bertz CT molecular complexity index is 459. The highest BCUT2D eigenvalue weighted by Crippen LogP contribution is 2.18. The van der Waals surface area contributed by atoms with Crippen LogP contribution in [-0.4, -0.2) is 81.0 Å². The molecular weight excluding hydrogens is 306 g/mol. The molecule has 0 saturated carbocycles. The molecule has 0 aliphatic carbocycles. The minimum atomic E-state index is -3.13. The molecule has 3 unspecified atom stereocenters. The Hall–Kier alpha value is -0.410. The fourth-order valence-corrected chi connectivity index (χ4v) is 5.01. The maximum Gasteiger partial charge on any atom is 0.234 e. The summed E-state index contributed by atoms with van der Waals surface area (Å²) in [6, 6.07) is -0.500. The van der Waals surface area contributed by atoms with Gasteiger partial charge in [-0.2, -0.15) is 0 Å². The molecule has 3 N–H and O–H groups in total. The number of carbonyl (C=O) groups is 1. The van der Waals surface area contributed by atoms with Crippen molar-refractivity contribution in [3.8, 4) is 0 Å². The van der Waals surface area contributed by atoms with Gasteiger partial charge < -0.3 is 15.8 Å². The SMILES string of the molecule is NCC1CN(CC(=O)NC2CS(=O)(=O)CC2Cl)CCO1. The number of sulfone groups is 1. The van der Waals surface area contributed by atoms with E-state index in [1.807, 2.05) is 4.90 Å². The Balaban J connectivity index is 1.81. The van der Waals surface area contributed by atoms with Gasteiger partial charge in [-0.05, 0) is 0 Å². The number of amides is 1. The van der Waals surface area contributed by atoms with E-state index in [1.54, 1.807) is 0 Å². The maximum atomic E-state index is 11.9. The lowest BCUT2D eigenvalue weighted by Gasteiger charge is -2.32. The van der Waals surface area contributed by atoms with E-state index in [4.69, 9.17) is 22.1 Å². The molecule has 2 rings (SSSR count). The Morgan fingerprint density at radius 3 is 2.80 bits per heavy atom. The summed E-state index contributed by atoms with van der Waals surface area (Å²) in [5.74, 6) is -0.372. The van der Waals surface area contributed by atoms with Gasteiger partial charge >= 0.3 is 0 Å². The molecule has 1 amide bonds. The van der Waals surface area contributed by atoms with Gasteiger partial charge in [0.05, 0.1) is 42.2 Å². The minimum Gasteiger partial charge on any atom is -0.374 e. The Kier molecular flexibility index (Phi) is 5.25. The number of nitrogens with zero attached hydrogens (tertiary/aromatic N) is 1. The number of nitrogens with one attached hydrogen (secondary N) is 1. The smallest absolute Gasteiger partial charge is 0.234 e. The molecule has 2 aliphatic heterocycles. The van der Waals surface area contributed by atoms with Gasteiger partial charge in [0, 0.05) is 19.6 Å². The molecule has 0 aromatic rings. The third-order valence-electron chi connectivity index (χ3n) is 3.48. The van der Waals surface area contributed by atoms with Crippen LogP contribution in [-0.2, 0) is 19.4 Å². The van der Waals surface area contributed by atoms with E-state index in [0.717, 1.165) is 0 Å². The summed E-state index contributed by atoms with van der Waals surface area (Å²) in [6.07, 6.45) is -0.0517. The van der Waals surface area contributed by atoms with Crippen LogP contribution in [0.3, 0.4) is 0 Å². The van der Waals surface area contributed by atoms with Gasteiger partial charge in [0.2, 0.25) is 5.91 Å². The van der Waals surface area contributed by atoms with Gasteiger partial charge in [-0.1, -0.05) is 0 Å². The summed E-state index contributed by atoms with van der Waals surface area (Å²) in [6.45, 7) is 2.45. The molecule has 2 fully saturated rings. The van der Waals surface area contributed by atoms with Gasteiger partial charge in [-0.15, -0.1) is 11.6 Å². The molecule has 0 aromatic heterocycles. The highest BCUT2D eigenvalue weighted by molar-refractivity contribution is 7.91. The van der Waals surface area contributed by atoms with E-state index >= 15 is 0 Å². The first kappa shape index (κ1) is 16.0. The van der Waals surface area contributed by atoms with E-state index in [1.165, 1.54) is 0 Å². The average molecular weight is 326 g/mol. The van der Waals surface area contributed by atoms with Crippen LogP contribution in [0.15, 0.2) is 0 Å². The molecule has 0 bridgehead atoms. The summed E-state index contributed by atoms with van der Waals surface area (Å²) in [5.41, 5.74) is 5.54. The summed E-state index contributed by atoms with van der Waals surface area (Å²) < 4.78 is 28.3. The molecule has 116 valence electrons. The molecule has 0 radical (unpaired) electrons. The monoisotopic (exact) mass is 325 g/mol. The summed E-state index contributed by atoms with van der Waals surface area (Å²) in [4.78, 5) is 13.9. The van der Waals surface area contributed by atoms with E-state index in [2.05, 4.69) is 5.32 Å². The van der Waals surface area contributed by atoms with E-state index in [0.29, 0.717) is 26.2 Å². The van der Waals surface area contributed by atoms with Crippen LogP contribution in [0.1, 0.15) is 0 Å². The number of nitrogens with two attached hydrogens (primary N) is 1. The molecule has 2 heterocycles. The number of rotatable bonds is 4. The molecule has 3 atom stereocenters. The molecule has 20 heavy (non-hydrogen) atoms. The predicted octanol–water partition coefficient (Wildman–Crippen LogP) is -1.83. The van der Waals surface area contributed by atoms with Crippen molar-refractivity contribution < 1.29 is 17.9 Å². The van der Waals surface area contributed by atoms with Crippen molar-refractivity contribution in [2.75, 3.05) is 44.3 Å². The number of hydrogen-bond donors (Lipinski definition) is 2. The van der Waals surface area contributed by atoms with Crippen molar-refractivity contribution in [3.63, 3.8) is 0 Å². The molecular formula is C11H20ClN3O4S. The minimum absolute atomic E-state index is 0.0517. The standard InChI is InChI=1S/C11H20ClN3O4S/c12-9-6-20(17,18)7-10(9)14-11(16)5-15-1-2-19-8(3-13)4-15/h8-10H,1-7,13H2,(H,14,16). The summed E-state index contributed by atoms with van der Waals surface area (Å²) in [5, 5.41) is 2.15. The number of ether oxygens (including phenoxy) is 1. The summed E-state index contributed by atoms with van der Waals surface area (Å²) in [7, 11) is -3.13. The second-order valence-electron chi connectivity index (χ2n) is 5.23. The normalized spacial score (nSPS) is 34.0. The first-order valence-electron chi connectivity index (χ1n) is 6.57. The molecule has 9 heteroatoms. The van der Waals surface area contributed by atoms with Crippen molar-refractivity contribution in [1.29, 1.82) is 0 Å². The van der Waals surface area contributed by atoms with Crippen LogP contribution in [0, 0.1) is 0 Å². The van der Waals surface area contributed by atoms with Gasteiger partial charge in [-0.3, -0.25) is 9.69 Å². The molecule has 2 aliphatic rings. The highest BCUT2D eigenvalue weighted by Gasteiger charge is 2.37. The van der Waals surface area contributed by atoms with Crippen molar-refractivity contribution in [2.24, 2.45) is 5.73 Å². The van der Waals surface area contributed by atoms with Crippen LogP contribution >= 0.6 is 11.6 Å². The first-order chi connectivity index (χ1) is 9.39. The fourth-order valence-electron chi connectivity index (χ4n) is 2.46. The Morgan fingerprint density at radius 1 is 1.45 bits per heavy atom. The lowest BCUT2D eigenvalue weighted by Crippen LogP contribution is -2.51. The van der Waals surface area contributed by atoms with Gasteiger partial charge in [0.1, 0.15) is 0 Å². The van der Waals surface area contributed by atoms with Crippen molar-refractivity contribution in [1.82, 2.24) is 10.2 Å². The number of hydrogen-bond acceptors (Lipinski definition) is 6. The summed E-state index contributed by atoms with van der Waals surface area (Å²) >= 11 is 5.95. The molecule has 0 spiro atoms.